The molecule has 0 aliphatic rings. The maximum Gasteiger partial charge on any atom is 0.140 e. The predicted molar refractivity (Wildman–Crippen MR) is 74.5 cm³/mol. The van der Waals surface area contributed by atoms with Crippen molar-refractivity contribution in [3.63, 3.8) is 0 Å². The molecule has 18 heavy (non-hydrogen) atoms. The van der Waals surface area contributed by atoms with Crippen LogP contribution in [0.25, 0.3) is 16.9 Å². The minimum absolute atomic E-state index is 0.757. The molecule has 90 valence electrons. The molecular weight excluding hydrogens is 222 g/mol. The number of aromatic nitrogens is 2. The molecule has 0 atom stereocenters. The lowest BCUT2D eigenvalue weighted by molar-refractivity contribution is 1.17. The van der Waals surface area contributed by atoms with E-state index in [-0.39, 0.29) is 0 Å². The highest BCUT2D eigenvalue weighted by molar-refractivity contribution is 5.65. The van der Waals surface area contributed by atoms with Crippen molar-refractivity contribution in [1.82, 2.24) is 9.38 Å². The van der Waals surface area contributed by atoms with Gasteiger partial charge in [-0.2, -0.15) is 0 Å². The molecule has 0 aliphatic carbocycles. The van der Waals surface area contributed by atoms with Crippen molar-refractivity contribution in [3.8, 4) is 11.3 Å². The molecule has 2 heterocycles. The third kappa shape index (κ3) is 1.74. The Hall–Kier alpha value is -2.29. The highest BCUT2D eigenvalue weighted by Crippen LogP contribution is 2.22. The summed E-state index contributed by atoms with van der Waals surface area (Å²) in [4.78, 5) is 4.66. The SMILES string of the molecule is Cc1ccc(-c2cn3cc(N)cc(C)c3n2)cc1. The normalized spacial score (nSPS) is 11.0. The molecule has 0 unspecified atom stereocenters. The zero-order valence-corrected chi connectivity index (χ0v) is 10.5. The lowest BCUT2D eigenvalue weighted by Crippen LogP contribution is -1.92. The number of aryl methyl sites for hydroxylation is 2. The van der Waals surface area contributed by atoms with Crippen molar-refractivity contribution in [2.75, 3.05) is 5.73 Å². The third-order valence-electron chi connectivity index (χ3n) is 3.10. The van der Waals surface area contributed by atoms with E-state index in [1.807, 2.05) is 29.8 Å². The number of hydrogen-bond acceptors (Lipinski definition) is 2. The molecule has 2 N–H and O–H groups in total. The van der Waals surface area contributed by atoms with Gasteiger partial charge in [0.1, 0.15) is 5.65 Å². The first-order valence-electron chi connectivity index (χ1n) is 5.95. The first-order valence-corrected chi connectivity index (χ1v) is 5.95. The van der Waals surface area contributed by atoms with Gasteiger partial charge in [-0.1, -0.05) is 29.8 Å². The Balaban J connectivity index is 2.19. The first-order chi connectivity index (χ1) is 8.63. The second-order valence-electron chi connectivity index (χ2n) is 4.68. The third-order valence-corrected chi connectivity index (χ3v) is 3.10. The second kappa shape index (κ2) is 3.88. The number of nitrogens with two attached hydrogens (primary N) is 1. The molecular formula is C15H15N3. The monoisotopic (exact) mass is 237 g/mol. The molecule has 0 radical (unpaired) electrons. The maximum absolute atomic E-state index is 5.84. The van der Waals surface area contributed by atoms with Gasteiger partial charge in [-0.25, -0.2) is 4.98 Å². The number of nitrogens with zero attached hydrogens (tertiary/aromatic N) is 2. The van der Waals surface area contributed by atoms with Crippen LogP contribution in [0.2, 0.25) is 0 Å². The zero-order valence-electron chi connectivity index (χ0n) is 10.5. The standard InChI is InChI=1S/C15H15N3/c1-10-3-5-12(6-4-10)14-9-18-8-13(16)7-11(2)15(18)17-14/h3-9H,16H2,1-2H3. The minimum Gasteiger partial charge on any atom is -0.398 e. The number of hydrogen-bond donors (Lipinski definition) is 1. The van der Waals surface area contributed by atoms with Crippen molar-refractivity contribution in [2.24, 2.45) is 0 Å². The van der Waals surface area contributed by atoms with Gasteiger partial charge in [0.2, 0.25) is 0 Å². The smallest absolute Gasteiger partial charge is 0.140 e. The fraction of sp³-hybridized carbons (Fsp3) is 0.133. The summed E-state index contributed by atoms with van der Waals surface area (Å²) in [6.45, 7) is 4.11. The van der Waals surface area contributed by atoms with Crippen molar-refractivity contribution in [3.05, 3.63) is 53.9 Å². The highest BCUT2D eigenvalue weighted by Gasteiger charge is 2.06. The summed E-state index contributed by atoms with van der Waals surface area (Å²) in [6.07, 6.45) is 3.91. The van der Waals surface area contributed by atoms with Crippen molar-refractivity contribution >= 4 is 11.3 Å². The van der Waals surface area contributed by atoms with Crippen LogP contribution in [-0.2, 0) is 0 Å². The van der Waals surface area contributed by atoms with E-state index < -0.39 is 0 Å². The van der Waals surface area contributed by atoms with Gasteiger partial charge in [0, 0.05) is 23.6 Å². The van der Waals surface area contributed by atoms with Gasteiger partial charge in [-0.3, -0.25) is 0 Å². The molecule has 0 saturated carbocycles. The van der Waals surface area contributed by atoms with Gasteiger partial charge in [0.15, 0.2) is 0 Å². The van der Waals surface area contributed by atoms with Crippen LogP contribution in [-0.4, -0.2) is 9.38 Å². The van der Waals surface area contributed by atoms with E-state index in [0.717, 1.165) is 28.2 Å². The van der Waals surface area contributed by atoms with Gasteiger partial charge >= 0.3 is 0 Å². The average Bonchev–Trinajstić information content (AvgIpc) is 2.74. The Morgan fingerprint density at radius 3 is 2.50 bits per heavy atom. The minimum atomic E-state index is 0.757. The molecule has 3 heteroatoms. The fourth-order valence-corrected chi connectivity index (χ4v) is 2.16. The average molecular weight is 237 g/mol. The largest absolute Gasteiger partial charge is 0.398 e. The predicted octanol–water partition coefficient (Wildman–Crippen LogP) is 3.20. The van der Waals surface area contributed by atoms with Crippen LogP contribution in [0, 0.1) is 13.8 Å². The van der Waals surface area contributed by atoms with E-state index in [4.69, 9.17) is 5.73 Å². The summed E-state index contributed by atoms with van der Waals surface area (Å²) in [5.74, 6) is 0. The first kappa shape index (κ1) is 10.8. The summed E-state index contributed by atoms with van der Waals surface area (Å²) < 4.78 is 1.99. The van der Waals surface area contributed by atoms with E-state index in [0.29, 0.717) is 0 Å². The molecule has 1 aromatic carbocycles. The molecule has 3 rings (SSSR count). The molecule has 0 aliphatic heterocycles. The quantitative estimate of drug-likeness (QED) is 0.706. The summed E-state index contributed by atoms with van der Waals surface area (Å²) >= 11 is 0. The van der Waals surface area contributed by atoms with Crippen molar-refractivity contribution < 1.29 is 0 Å². The molecule has 0 saturated heterocycles. The van der Waals surface area contributed by atoms with Crippen molar-refractivity contribution in [1.29, 1.82) is 0 Å². The van der Waals surface area contributed by atoms with Crippen molar-refractivity contribution in [2.45, 2.75) is 13.8 Å². The van der Waals surface area contributed by atoms with Crippen LogP contribution in [0.5, 0.6) is 0 Å². The Morgan fingerprint density at radius 1 is 1.06 bits per heavy atom. The van der Waals surface area contributed by atoms with E-state index in [1.165, 1.54) is 5.56 Å². The van der Waals surface area contributed by atoms with Crippen LogP contribution in [0.1, 0.15) is 11.1 Å². The Bertz CT molecular complexity index is 708. The second-order valence-corrected chi connectivity index (χ2v) is 4.68. The van der Waals surface area contributed by atoms with Crippen LogP contribution < -0.4 is 5.73 Å². The molecule has 2 aromatic heterocycles. The number of nitrogen functional groups attached to an aromatic ring is 1. The fourth-order valence-electron chi connectivity index (χ4n) is 2.16. The van der Waals surface area contributed by atoms with Gasteiger partial charge in [-0.15, -0.1) is 0 Å². The van der Waals surface area contributed by atoms with Crippen LogP contribution in [0.3, 0.4) is 0 Å². The van der Waals surface area contributed by atoms with Gasteiger partial charge in [0.25, 0.3) is 0 Å². The van der Waals surface area contributed by atoms with Gasteiger partial charge in [0.05, 0.1) is 5.69 Å². The summed E-state index contributed by atoms with van der Waals surface area (Å²) in [5, 5.41) is 0. The Kier molecular flexibility index (Phi) is 2.33. The summed E-state index contributed by atoms with van der Waals surface area (Å²) in [5.41, 5.74) is 12.0. The molecule has 3 aromatic rings. The number of fused-ring (bicyclic) bond motifs is 1. The zero-order chi connectivity index (χ0) is 12.7. The Morgan fingerprint density at radius 2 is 1.78 bits per heavy atom. The van der Waals surface area contributed by atoms with E-state index in [1.54, 1.807) is 0 Å². The lowest BCUT2D eigenvalue weighted by Gasteiger charge is -1.98. The topological polar surface area (TPSA) is 43.3 Å². The van der Waals surface area contributed by atoms with E-state index >= 15 is 0 Å². The molecule has 0 spiro atoms. The maximum atomic E-state index is 5.84. The Labute approximate surface area is 106 Å². The van der Waals surface area contributed by atoms with Crippen LogP contribution in [0.15, 0.2) is 42.7 Å². The van der Waals surface area contributed by atoms with Crippen LogP contribution >= 0.6 is 0 Å². The van der Waals surface area contributed by atoms with Gasteiger partial charge in [-0.05, 0) is 25.5 Å². The molecule has 0 fully saturated rings. The molecule has 3 nitrogen and oxygen atoms in total. The summed E-state index contributed by atoms with van der Waals surface area (Å²) in [7, 11) is 0. The molecule has 0 amide bonds. The number of anilines is 1. The number of pyridine rings is 1. The lowest BCUT2D eigenvalue weighted by atomic mass is 10.1. The van der Waals surface area contributed by atoms with Crippen LogP contribution in [0.4, 0.5) is 5.69 Å². The summed E-state index contributed by atoms with van der Waals surface area (Å²) in [6, 6.07) is 10.3. The van der Waals surface area contributed by atoms with E-state index in [9.17, 15) is 0 Å². The number of rotatable bonds is 1. The number of benzene rings is 1. The van der Waals surface area contributed by atoms with E-state index in [2.05, 4.69) is 36.2 Å². The van der Waals surface area contributed by atoms with Gasteiger partial charge < -0.3 is 10.1 Å². The molecule has 0 bridgehead atoms. The number of imidazole rings is 1. The highest BCUT2D eigenvalue weighted by atomic mass is 15.0.